The van der Waals surface area contributed by atoms with E-state index in [4.69, 9.17) is 0 Å². The Balaban J connectivity index is 2.67. The van der Waals surface area contributed by atoms with Gasteiger partial charge in [0.1, 0.15) is 0 Å². The number of hydrogen-bond acceptors (Lipinski definition) is 2. The predicted octanol–water partition coefficient (Wildman–Crippen LogP) is 2.33. The van der Waals surface area contributed by atoms with E-state index in [1.807, 2.05) is 30.3 Å². The molecule has 0 aromatic heterocycles. The van der Waals surface area contributed by atoms with E-state index in [2.05, 4.69) is 0 Å². The molecule has 52 valence electrons. The molecule has 0 aliphatic heterocycles. The third kappa shape index (κ3) is 2.23. The van der Waals surface area contributed by atoms with Gasteiger partial charge in [-0.05, 0) is 12.1 Å². The summed E-state index contributed by atoms with van der Waals surface area (Å²) in [6, 6.07) is 9.62. The van der Waals surface area contributed by atoms with E-state index in [1.165, 1.54) is 11.8 Å². The van der Waals surface area contributed by atoms with Gasteiger partial charge in [-0.2, -0.15) is 0 Å². The van der Waals surface area contributed by atoms with Gasteiger partial charge >= 0.3 is 0 Å². The van der Waals surface area contributed by atoms with Crippen LogP contribution in [0.1, 0.15) is 6.92 Å². The summed E-state index contributed by atoms with van der Waals surface area (Å²) in [5, 5.41) is 0.131. The van der Waals surface area contributed by atoms with Crippen molar-refractivity contribution in [3.63, 3.8) is 0 Å². The second kappa shape index (κ2) is 3.42. The first-order valence-corrected chi connectivity index (χ1v) is 3.84. The lowest BCUT2D eigenvalue weighted by molar-refractivity contribution is -0.109. The zero-order chi connectivity index (χ0) is 7.40. The lowest BCUT2D eigenvalue weighted by Crippen LogP contribution is -1.78. The molecule has 0 spiro atoms. The summed E-state index contributed by atoms with van der Waals surface area (Å²) >= 11 is 1.26. The van der Waals surface area contributed by atoms with Crippen LogP contribution in [0.5, 0.6) is 0 Å². The van der Waals surface area contributed by atoms with Crippen LogP contribution in [-0.2, 0) is 4.79 Å². The van der Waals surface area contributed by atoms with Crippen LogP contribution in [0, 0.1) is 0 Å². The van der Waals surface area contributed by atoms with Crippen LogP contribution in [0.3, 0.4) is 0 Å². The number of hydrogen-bond donors (Lipinski definition) is 0. The van der Waals surface area contributed by atoms with Gasteiger partial charge in [-0.25, -0.2) is 0 Å². The second-order valence-electron chi connectivity index (χ2n) is 1.91. The summed E-state index contributed by atoms with van der Waals surface area (Å²) in [5.41, 5.74) is 0. The Hall–Kier alpha value is -0.760. The highest BCUT2D eigenvalue weighted by molar-refractivity contribution is 8.13. The topological polar surface area (TPSA) is 17.1 Å². The van der Waals surface area contributed by atoms with Crippen molar-refractivity contribution in [2.75, 3.05) is 0 Å². The molecule has 0 atom stereocenters. The van der Waals surface area contributed by atoms with Crippen molar-refractivity contribution in [3.05, 3.63) is 30.3 Å². The quantitative estimate of drug-likeness (QED) is 0.574. The fourth-order valence-electron chi connectivity index (χ4n) is 0.655. The Morgan fingerprint density at radius 1 is 1.30 bits per heavy atom. The summed E-state index contributed by atoms with van der Waals surface area (Å²) in [6.45, 7) is 1.57. The van der Waals surface area contributed by atoms with Crippen molar-refractivity contribution in [1.82, 2.24) is 0 Å². The molecule has 1 aromatic carbocycles. The fraction of sp³-hybridized carbons (Fsp3) is 0.125. The molecule has 0 N–H and O–H groups in total. The molecule has 0 heterocycles. The second-order valence-corrected chi connectivity index (χ2v) is 3.16. The molecule has 0 aliphatic rings. The number of benzene rings is 1. The Kier molecular flexibility index (Phi) is 2.51. The first-order chi connectivity index (χ1) is 4.79. The number of carbonyl (C=O) groups excluding carboxylic acids is 1. The predicted molar refractivity (Wildman–Crippen MR) is 43.0 cm³/mol. The third-order valence-corrected chi connectivity index (χ3v) is 1.80. The van der Waals surface area contributed by atoms with E-state index >= 15 is 0 Å². The van der Waals surface area contributed by atoms with Gasteiger partial charge in [0.05, 0.1) is 0 Å². The normalized spacial score (nSPS) is 9.30. The summed E-state index contributed by atoms with van der Waals surface area (Å²) in [4.78, 5) is 11.6. The molecule has 0 unspecified atom stereocenters. The van der Waals surface area contributed by atoms with E-state index < -0.39 is 0 Å². The Morgan fingerprint density at radius 2 is 1.90 bits per heavy atom. The van der Waals surface area contributed by atoms with Crippen molar-refractivity contribution < 1.29 is 4.79 Å². The SMILES string of the molecule is CC(=O)Sc1ccccc1. The molecule has 1 nitrogen and oxygen atoms in total. The molecule has 0 saturated carbocycles. The standard InChI is InChI=1S/C8H8OS/c1-7(9)10-8-5-3-2-4-6-8/h2-6H,1H3. The minimum atomic E-state index is 0.131. The molecule has 2 heteroatoms. The highest BCUT2D eigenvalue weighted by Gasteiger charge is 1.94. The van der Waals surface area contributed by atoms with E-state index in [1.54, 1.807) is 6.92 Å². The molecule has 0 aliphatic carbocycles. The van der Waals surface area contributed by atoms with Crippen molar-refractivity contribution in [2.45, 2.75) is 11.8 Å². The third-order valence-electron chi connectivity index (χ3n) is 1.00. The monoisotopic (exact) mass is 152 g/mol. The van der Waals surface area contributed by atoms with Gasteiger partial charge in [0.25, 0.3) is 0 Å². The molecular weight excluding hydrogens is 144 g/mol. The van der Waals surface area contributed by atoms with Crippen molar-refractivity contribution >= 4 is 16.9 Å². The van der Waals surface area contributed by atoms with Crippen molar-refractivity contribution in [1.29, 1.82) is 0 Å². The molecule has 0 bridgehead atoms. The first kappa shape index (κ1) is 7.35. The maximum atomic E-state index is 10.6. The molecule has 0 fully saturated rings. The van der Waals surface area contributed by atoms with Crippen LogP contribution in [0.15, 0.2) is 35.2 Å². The number of rotatable bonds is 1. The van der Waals surface area contributed by atoms with E-state index in [-0.39, 0.29) is 5.12 Å². The van der Waals surface area contributed by atoms with Crippen LogP contribution in [-0.4, -0.2) is 5.12 Å². The molecule has 10 heavy (non-hydrogen) atoms. The average Bonchev–Trinajstić information content (AvgIpc) is 1.88. The van der Waals surface area contributed by atoms with Crippen LogP contribution in [0.2, 0.25) is 0 Å². The summed E-state index contributed by atoms with van der Waals surface area (Å²) < 4.78 is 0. The van der Waals surface area contributed by atoms with Gasteiger partial charge in [0.15, 0.2) is 5.12 Å². The number of carbonyl (C=O) groups is 1. The minimum Gasteiger partial charge on any atom is -0.287 e. The van der Waals surface area contributed by atoms with Gasteiger partial charge < -0.3 is 0 Å². The maximum Gasteiger partial charge on any atom is 0.190 e. The minimum absolute atomic E-state index is 0.131. The zero-order valence-electron chi connectivity index (χ0n) is 5.70. The van der Waals surface area contributed by atoms with Gasteiger partial charge in [-0.3, -0.25) is 4.79 Å². The van der Waals surface area contributed by atoms with Crippen LogP contribution >= 0.6 is 11.8 Å². The molecule has 1 rings (SSSR count). The molecule has 1 aromatic rings. The highest BCUT2D eigenvalue weighted by Crippen LogP contribution is 2.16. The smallest absolute Gasteiger partial charge is 0.190 e. The highest BCUT2D eigenvalue weighted by atomic mass is 32.2. The van der Waals surface area contributed by atoms with Gasteiger partial charge in [0, 0.05) is 11.8 Å². The van der Waals surface area contributed by atoms with E-state index in [0.717, 1.165) is 4.90 Å². The zero-order valence-corrected chi connectivity index (χ0v) is 6.52. The summed E-state index contributed by atoms with van der Waals surface area (Å²) in [5.74, 6) is 0. The summed E-state index contributed by atoms with van der Waals surface area (Å²) in [7, 11) is 0. The molecule has 0 radical (unpaired) electrons. The van der Waals surface area contributed by atoms with E-state index in [0.29, 0.717) is 0 Å². The van der Waals surface area contributed by atoms with Crippen LogP contribution < -0.4 is 0 Å². The Labute approximate surface area is 64.4 Å². The lowest BCUT2D eigenvalue weighted by atomic mass is 10.4. The Morgan fingerprint density at radius 3 is 2.40 bits per heavy atom. The fourth-order valence-corrected chi connectivity index (χ4v) is 1.28. The molecule has 0 amide bonds. The van der Waals surface area contributed by atoms with Crippen LogP contribution in [0.4, 0.5) is 0 Å². The average molecular weight is 152 g/mol. The van der Waals surface area contributed by atoms with Gasteiger partial charge in [-0.1, -0.05) is 30.0 Å². The maximum absolute atomic E-state index is 10.6. The molecule has 0 saturated heterocycles. The van der Waals surface area contributed by atoms with Crippen molar-refractivity contribution in [2.24, 2.45) is 0 Å². The van der Waals surface area contributed by atoms with Crippen LogP contribution in [0.25, 0.3) is 0 Å². The first-order valence-electron chi connectivity index (χ1n) is 3.02. The largest absolute Gasteiger partial charge is 0.287 e. The van der Waals surface area contributed by atoms with E-state index in [9.17, 15) is 4.79 Å². The van der Waals surface area contributed by atoms with Crippen molar-refractivity contribution in [3.8, 4) is 0 Å². The molecular formula is C8H8OS. The summed E-state index contributed by atoms with van der Waals surface area (Å²) in [6.07, 6.45) is 0. The van der Waals surface area contributed by atoms with Gasteiger partial charge in [-0.15, -0.1) is 0 Å². The lowest BCUT2D eigenvalue weighted by Gasteiger charge is -1.92. The number of thioether (sulfide) groups is 1. The van der Waals surface area contributed by atoms with Gasteiger partial charge in [0.2, 0.25) is 0 Å². The Bertz CT molecular complexity index is 218.